The predicted molar refractivity (Wildman–Crippen MR) is 112 cm³/mol. The van der Waals surface area contributed by atoms with Crippen LogP contribution in [-0.2, 0) is 42.8 Å². The van der Waals surface area contributed by atoms with E-state index < -0.39 is 0 Å². The van der Waals surface area contributed by atoms with Crippen molar-refractivity contribution in [2.75, 3.05) is 0 Å². The Labute approximate surface area is 216 Å². The van der Waals surface area contributed by atoms with Gasteiger partial charge < -0.3 is 53.9 Å². The summed E-state index contributed by atoms with van der Waals surface area (Å²) in [6, 6.07) is 0. The molecule has 31 heavy (non-hydrogen) atoms. The summed E-state index contributed by atoms with van der Waals surface area (Å²) in [5.74, 6) is 4.22. The maximum Gasteiger partial charge on any atom is 2.00 e. The van der Waals surface area contributed by atoms with E-state index in [4.69, 9.17) is 0 Å². The average Bonchev–Trinajstić information content (AvgIpc) is 3.57. The van der Waals surface area contributed by atoms with E-state index in [0.29, 0.717) is 0 Å². The van der Waals surface area contributed by atoms with Gasteiger partial charge in [0.05, 0.1) is 0 Å². The number of H-pyrrole nitrogens is 4. The smallest absolute Gasteiger partial charge is 1.00 e. The zero-order valence-electron chi connectivity index (χ0n) is 18.3. The maximum absolute atomic E-state index is 3.98. The van der Waals surface area contributed by atoms with E-state index in [1.165, 1.54) is 0 Å². The van der Waals surface area contributed by atoms with Crippen molar-refractivity contribution in [3.05, 3.63) is 72.9 Å². The predicted octanol–water partition coefficient (Wildman–Crippen LogP) is -2.11. The molecule has 0 unspecified atom stereocenters. The van der Waals surface area contributed by atoms with Crippen molar-refractivity contribution in [3.63, 3.8) is 0 Å². The number of halogens is 2. The third kappa shape index (κ3) is 16.7. The fourth-order valence-corrected chi connectivity index (χ4v) is 1.97. The quantitative estimate of drug-likeness (QED) is 0.199. The molecular formula is C20H32Br2CuN8. The minimum absolute atomic E-state index is 0. The average molecular weight is 608 g/mol. The van der Waals surface area contributed by atoms with Crippen LogP contribution < -0.4 is 34.0 Å². The molecule has 11 heteroatoms. The molecule has 0 fully saturated rings. The minimum atomic E-state index is 0. The Morgan fingerprint density at radius 3 is 0.742 bits per heavy atom. The van der Waals surface area contributed by atoms with E-state index in [1.807, 2.05) is 24.8 Å². The number of aryl methyl sites for hydroxylation is 4. The largest absolute Gasteiger partial charge is 2.00 e. The Morgan fingerprint density at radius 1 is 0.484 bits per heavy atom. The topological polar surface area (TPSA) is 115 Å². The number of aromatic amines is 4. The first-order valence-electron chi connectivity index (χ1n) is 9.66. The van der Waals surface area contributed by atoms with Crippen molar-refractivity contribution in [2.24, 2.45) is 0 Å². The molecule has 4 N–H and O–H groups in total. The number of rotatable bonds is 4. The van der Waals surface area contributed by atoms with Gasteiger partial charge in [0.25, 0.3) is 0 Å². The van der Waals surface area contributed by atoms with Crippen LogP contribution in [0.25, 0.3) is 0 Å². The van der Waals surface area contributed by atoms with Crippen LogP contribution in [0.2, 0.25) is 0 Å². The molecule has 0 atom stereocenters. The number of nitrogens with zero attached hydrogens (tertiary/aromatic N) is 4. The summed E-state index contributed by atoms with van der Waals surface area (Å²) in [7, 11) is 0. The molecule has 0 bridgehead atoms. The van der Waals surface area contributed by atoms with E-state index >= 15 is 0 Å². The molecule has 0 aliphatic heterocycles. The summed E-state index contributed by atoms with van der Waals surface area (Å²) in [5.41, 5.74) is 0. The van der Waals surface area contributed by atoms with Gasteiger partial charge >= 0.3 is 17.1 Å². The standard InChI is InChI=1S/4C5H8N2.2BrH.Cu/c4*1-2-5-6-3-4-7-5;;;/h4*3-4H,2H2,1H3,(H,6,7);2*1H;/q;;;;;;+2/p-2. The first-order valence-corrected chi connectivity index (χ1v) is 9.66. The van der Waals surface area contributed by atoms with E-state index in [0.717, 1.165) is 49.0 Å². The Morgan fingerprint density at radius 2 is 0.677 bits per heavy atom. The van der Waals surface area contributed by atoms with Crippen molar-refractivity contribution in [2.45, 2.75) is 53.4 Å². The molecule has 0 aliphatic rings. The second-order valence-corrected chi connectivity index (χ2v) is 5.56. The first kappa shape index (κ1) is 33.9. The van der Waals surface area contributed by atoms with Crippen LogP contribution >= 0.6 is 0 Å². The number of nitrogens with one attached hydrogen (secondary N) is 4. The summed E-state index contributed by atoms with van der Waals surface area (Å²) in [6.07, 6.45) is 18.4. The molecule has 1 radical (unpaired) electrons. The fourth-order valence-electron chi connectivity index (χ4n) is 1.97. The van der Waals surface area contributed by atoms with Gasteiger partial charge in [0.2, 0.25) is 0 Å². The van der Waals surface area contributed by atoms with Gasteiger partial charge in [0.1, 0.15) is 23.3 Å². The van der Waals surface area contributed by atoms with Crippen molar-refractivity contribution in [1.82, 2.24) is 39.9 Å². The number of imidazole rings is 4. The van der Waals surface area contributed by atoms with Crippen LogP contribution in [0, 0.1) is 0 Å². The second-order valence-electron chi connectivity index (χ2n) is 5.56. The van der Waals surface area contributed by atoms with Crippen LogP contribution in [0.15, 0.2) is 49.6 Å². The third-order valence-corrected chi connectivity index (χ3v) is 3.56. The molecule has 0 amide bonds. The van der Waals surface area contributed by atoms with Crippen LogP contribution in [0.4, 0.5) is 0 Å². The SMILES string of the molecule is CCc1ncc[nH]1.CCc1ncc[nH]1.CCc1ncc[nH]1.CCc1ncc[nH]1.[Br-].[Br-].[Cu+2]. The first-order chi connectivity index (χ1) is 13.7. The number of aromatic nitrogens is 8. The summed E-state index contributed by atoms with van der Waals surface area (Å²) < 4.78 is 0. The molecule has 4 heterocycles. The Balaban J connectivity index is -0.000000327. The zero-order chi connectivity index (χ0) is 20.5. The van der Waals surface area contributed by atoms with Crippen LogP contribution in [-0.4, -0.2) is 39.9 Å². The molecular weight excluding hydrogens is 576 g/mol. The van der Waals surface area contributed by atoms with Gasteiger partial charge in [-0.25, -0.2) is 19.9 Å². The zero-order valence-corrected chi connectivity index (χ0v) is 22.4. The molecule has 177 valence electrons. The van der Waals surface area contributed by atoms with E-state index in [1.54, 1.807) is 24.8 Å². The van der Waals surface area contributed by atoms with Crippen molar-refractivity contribution < 1.29 is 51.0 Å². The summed E-state index contributed by atoms with van der Waals surface area (Å²) in [6.45, 7) is 8.27. The summed E-state index contributed by atoms with van der Waals surface area (Å²) >= 11 is 0. The van der Waals surface area contributed by atoms with Gasteiger partial charge in [-0.2, -0.15) is 0 Å². The molecule has 4 aromatic heterocycles. The monoisotopic (exact) mass is 605 g/mol. The Kier molecular flexibility index (Phi) is 25.2. The minimum Gasteiger partial charge on any atom is -1.00 e. The molecule has 0 aromatic carbocycles. The number of hydrogen-bond donors (Lipinski definition) is 4. The molecule has 0 saturated carbocycles. The summed E-state index contributed by atoms with van der Waals surface area (Å²) in [5, 5.41) is 0. The van der Waals surface area contributed by atoms with E-state index in [9.17, 15) is 0 Å². The summed E-state index contributed by atoms with van der Waals surface area (Å²) in [4.78, 5) is 27.8. The Hall–Kier alpha value is -1.68. The van der Waals surface area contributed by atoms with Crippen LogP contribution in [0.1, 0.15) is 51.0 Å². The molecule has 0 aliphatic carbocycles. The van der Waals surface area contributed by atoms with Gasteiger partial charge in [0, 0.05) is 75.3 Å². The molecule has 4 rings (SSSR count). The van der Waals surface area contributed by atoms with Gasteiger partial charge in [-0.1, -0.05) is 27.7 Å². The van der Waals surface area contributed by atoms with Gasteiger partial charge in [-0.3, -0.25) is 0 Å². The molecule has 4 aromatic rings. The molecule has 0 spiro atoms. The number of hydrogen-bond acceptors (Lipinski definition) is 4. The van der Waals surface area contributed by atoms with Gasteiger partial charge in [-0.05, 0) is 0 Å². The maximum atomic E-state index is 3.98. The van der Waals surface area contributed by atoms with Crippen LogP contribution in [0.5, 0.6) is 0 Å². The van der Waals surface area contributed by atoms with Crippen molar-refractivity contribution in [1.29, 1.82) is 0 Å². The van der Waals surface area contributed by atoms with Crippen LogP contribution in [0.3, 0.4) is 0 Å². The molecule has 8 nitrogen and oxygen atoms in total. The third-order valence-electron chi connectivity index (χ3n) is 3.56. The van der Waals surface area contributed by atoms with E-state index in [-0.39, 0.29) is 51.0 Å². The van der Waals surface area contributed by atoms with Gasteiger partial charge in [-0.15, -0.1) is 0 Å². The fraction of sp³-hybridized carbons (Fsp3) is 0.400. The van der Waals surface area contributed by atoms with E-state index in [2.05, 4.69) is 67.6 Å². The Bertz CT molecular complexity index is 637. The van der Waals surface area contributed by atoms with Crippen molar-refractivity contribution >= 4 is 0 Å². The van der Waals surface area contributed by atoms with Crippen molar-refractivity contribution in [3.8, 4) is 0 Å². The normalized spacial score (nSPS) is 8.39. The second kappa shape index (κ2) is 23.0. The molecule has 0 saturated heterocycles. The van der Waals surface area contributed by atoms with Gasteiger partial charge in [0.15, 0.2) is 0 Å².